The first-order valence-electron chi connectivity index (χ1n) is 20.8. The van der Waals surface area contributed by atoms with E-state index in [1.54, 1.807) is 6.92 Å². The maximum absolute atomic E-state index is 13.7. The first-order chi connectivity index (χ1) is 29.7. The average molecular weight is 893 g/mol. The quantitative estimate of drug-likeness (QED) is 0.0645. The number of amides is 6. The first kappa shape index (κ1) is 56.0. The molecule has 0 aliphatic carbocycles. The Hall–Kier alpha value is -5.06. The van der Waals surface area contributed by atoms with Crippen molar-refractivity contribution in [3.8, 4) is 0 Å². The van der Waals surface area contributed by atoms with Crippen LogP contribution >= 0.6 is 0 Å². The van der Waals surface area contributed by atoms with Crippen molar-refractivity contribution in [3.05, 3.63) is 55.6 Å². The second kappa shape index (κ2) is 26.5. The highest BCUT2D eigenvalue weighted by Crippen LogP contribution is 2.37. The summed E-state index contributed by atoms with van der Waals surface area (Å²) in [6, 6.07) is 0. The van der Waals surface area contributed by atoms with Gasteiger partial charge in [0.2, 0.25) is 11.8 Å². The van der Waals surface area contributed by atoms with Gasteiger partial charge in [0, 0.05) is 62.3 Å². The Morgan fingerprint density at radius 1 is 0.508 bits per heavy atom. The number of hydrogen-bond acceptors (Lipinski definition) is 14. The van der Waals surface area contributed by atoms with Crippen molar-refractivity contribution in [2.75, 3.05) is 75.5 Å². The zero-order chi connectivity index (χ0) is 48.5. The minimum absolute atomic E-state index is 0.0209. The lowest BCUT2D eigenvalue weighted by Crippen LogP contribution is -2.48. The number of anilines is 2. The van der Waals surface area contributed by atoms with E-state index in [1.807, 2.05) is 13.8 Å². The third kappa shape index (κ3) is 14.0. The number of hydrogen-bond donors (Lipinski definition) is 12. The summed E-state index contributed by atoms with van der Waals surface area (Å²) in [5.74, 6) is -4.25. The fraction of sp³-hybridized carbons (Fsp3) is 0.581. The molecule has 20 nitrogen and oxygen atoms in total. The summed E-state index contributed by atoms with van der Waals surface area (Å²) in [7, 11) is 0. The summed E-state index contributed by atoms with van der Waals surface area (Å²) in [5, 5.41) is 90.5. The normalized spacial score (nSPS) is 12.8. The van der Waals surface area contributed by atoms with Gasteiger partial charge in [-0.1, -0.05) is 20.8 Å². The van der Waals surface area contributed by atoms with Crippen LogP contribution in [0.4, 0.5) is 11.4 Å². The number of aliphatic hydroxyl groups excluding tert-OH is 8. The molecule has 0 radical (unpaired) electrons. The molecule has 63 heavy (non-hydrogen) atoms. The second-order valence-corrected chi connectivity index (χ2v) is 14.6. The molecule has 0 heterocycles. The van der Waals surface area contributed by atoms with Gasteiger partial charge in [-0.25, -0.2) is 0 Å². The Morgan fingerprint density at radius 3 is 1.16 bits per heavy atom. The highest BCUT2D eigenvalue weighted by atomic mass is 16.3. The van der Waals surface area contributed by atoms with Gasteiger partial charge in [-0.15, -0.1) is 0 Å². The van der Waals surface area contributed by atoms with Crippen LogP contribution in [0.1, 0.15) is 109 Å². The van der Waals surface area contributed by atoms with Crippen LogP contribution < -0.4 is 31.1 Å². The Morgan fingerprint density at radius 2 is 0.825 bits per heavy atom. The molecule has 0 aliphatic heterocycles. The largest absolute Gasteiger partial charge is 0.395 e. The van der Waals surface area contributed by atoms with E-state index < -0.39 is 99.4 Å². The number of nitrogens with one attached hydrogen (secondary N) is 4. The van der Waals surface area contributed by atoms with E-state index in [2.05, 4.69) is 21.3 Å². The average Bonchev–Trinajstić information content (AvgIpc) is 3.24. The van der Waals surface area contributed by atoms with Gasteiger partial charge in [-0.05, 0) is 74.4 Å². The van der Waals surface area contributed by atoms with Gasteiger partial charge in [0.25, 0.3) is 23.6 Å². The van der Waals surface area contributed by atoms with Crippen LogP contribution in [0.5, 0.6) is 0 Å². The standard InChI is InChI=1S/C41H62N6O14.C2H6/c1-9-29-35(41(61)45-15-28(55)19-51)21(3)34(39(59)43-11-13-49)24(6)37(29)47(26(8)53)17-31(57)30(56)16-46(25(7)52)36-22(4)32(38(58)42-10-12-48)20(2)33(23(36)5)40(60)44-14-27(54)18-50;1-2/h27-28,30-31,48-51,54-57H,9-19H2,1-8H3,(H,42,58)(H,43,59)(H,44,60)(H,45,61);1-2H3. The van der Waals surface area contributed by atoms with E-state index in [1.165, 1.54) is 34.6 Å². The Balaban J connectivity index is 0.00000977. The summed E-state index contributed by atoms with van der Waals surface area (Å²) in [6.45, 7) is 11.2. The molecule has 2 aromatic rings. The molecule has 2 rings (SSSR count). The van der Waals surface area contributed by atoms with Gasteiger partial charge in [0.1, 0.15) is 0 Å². The van der Waals surface area contributed by atoms with E-state index in [0.717, 1.165) is 23.6 Å². The molecule has 4 atom stereocenters. The fourth-order valence-electron chi connectivity index (χ4n) is 7.36. The predicted molar refractivity (Wildman–Crippen MR) is 235 cm³/mol. The minimum Gasteiger partial charge on any atom is -0.395 e. The van der Waals surface area contributed by atoms with Crippen LogP contribution in [-0.4, -0.2) is 166 Å². The lowest BCUT2D eigenvalue weighted by molar-refractivity contribution is -0.118. The maximum Gasteiger partial charge on any atom is 0.252 e. The van der Waals surface area contributed by atoms with Crippen LogP contribution in [0.3, 0.4) is 0 Å². The monoisotopic (exact) mass is 892 g/mol. The van der Waals surface area contributed by atoms with Gasteiger partial charge in [0.05, 0.1) is 75.3 Å². The van der Waals surface area contributed by atoms with Crippen LogP contribution in [0, 0.1) is 34.6 Å². The number of carbonyl (C=O) groups excluding carboxylic acids is 6. The zero-order valence-electron chi connectivity index (χ0n) is 38.0. The zero-order valence-corrected chi connectivity index (χ0v) is 38.0. The number of benzene rings is 2. The molecule has 2 aromatic carbocycles. The predicted octanol–water partition coefficient (Wildman–Crippen LogP) is -1.44. The van der Waals surface area contributed by atoms with E-state index in [-0.39, 0.29) is 99.6 Å². The van der Waals surface area contributed by atoms with Crippen molar-refractivity contribution in [2.24, 2.45) is 0 Å². The minimum atomic E-state index is -1.82. The molecule has 6 amide bonds. The third-order valence-electron chi connectivity index (χ3n) is 10.2. The molecule has 0 bridgehead atoms. The maximum atomic E-state index is 13.7. The highest BCUT2D eigenvalue weighted by molar-refractivity contribution is 6.09. The molecular formula is C43H68N6O14. The third-order valence-corrected chi connectivity index (χ3v) is 10.2. The summed E-state index contributed by atoms with van der Waals surface area (Å²) in [4.78, 5) is 83.4. The molecule has 0 fully saturated rings. The number of rotatable bonds is 22. The fourth-order valence-corrected chi connectivity index (χ4v) is 7.36. The first-order valence-corrected chi connectivity index (χ1v) is 20.8. The Labute approximate surface area is 368 Å². The van der Waals surface area contributed by atoms with Gasteiger partial charge < -0.3 is 71.9 Å². The molecular weight excluding hydrogens is 825 g/mol. The smallest absolute Gasteiger partial charge is 0.252 e. The van der Waals surface area contributed by atoms with Crippen LogP contribution in [0.15, 0.2) is 0 Å². The van der Waals surface area contributed by atoms with Crippen molar-refractivity contribution >= 4 is 46.8 Å². The lowest BCUT2D eigenvalue weighted by atomic mass is 9.87. The van der Waals surface area contributed by atoms with Crippen molar-refractivity contribution in [1.82, 2.24) is 21.3 Å². The van der Waals surface area contributed by atoms with Gasteiger partial charge in [-0.3, -0.25) is 28.8 Å². The van der Waals surface area contributed by atoms with E-state index in [0.29, 0.717) is 0 Å². The second-order valence-electron chi connectivity index (χ2n) is 14.6. The molecule has 0 saturated heterocycles. The molecule has 354 valence electrons. The molecule has 4 unspecified atom stereocenters. The topological polar surface area (TPSA) is 319 Å². The van der Waals surface area contributed by atoms with Crippen LogP contribution in [0.25, 0.3) is 0 Å². The van der Waals surface area contributed by atoms with E-state index in [9.17, 15) is 69.6 Å². The lowest BCUT2D eigenvalue weighted by Gasteiger charge is -2.34. The molecule has 12 N–H and O–H groups in total. The van der Waals surface area contributed by atoms with Gasteiger partial charge in [0.15, 0.2) is 0 Å². The van der Waals surface area contributed by atoms with E-state index >= 15 is 0 Å². The van der Waals surface area contributed by atoms with Crippen molar-refractivity contribution in [3.63, 3.8) is 0 Å². The van der Waals surface area contributed by atoms with Crippen molar-refractivity contribution < 1.29 is 69.6 Å². The molecule has 0 aliphatic rings. The molecule has 0 saturated carbocycles. The Kier molecular flexibility index (Phi) is 23.6. The van der Waals surface area contributed by atoms with Crippen LogP contribution in [-0.2, 0) is 16.0 Å². The van der Waals surface area contributed by atoms with Gasteiger partial charge in [-0.2, -0.15) is 0 Å². The van der Waals surface area contributed by atoms with Gasteiger partial charge >= 0.3 is 0 Å². The Bertz CT molecular complexity index is 1940. The molecule has 20 heteroatoms. The summed E-state index contributed by atoms with van der Waals surface area (Å²) >= 11 is 0. The summed E-state index contributed by atoms with van der Waals surface area (Å²) in [6.07, 6.45) is -6.13. The number of carbonyl (C=O) groups is 6. The number of nitrogens with zero attached hydrogens (tertiary/aromatic N) is 2. The summed E-state index contributed by atoms with van der Waals surface area (Å²) < 4.78 is 0. The molecule has 0 spiro atoms. The van der Waals surface area contributed by atoms with E-state index in [4.69, 9.17) is 0 Å². The summed E-state index contributed by atoms with van der Waals surface area (Å²) in [5.41, 5.74) is 1.20. The van der Waals surface area contributed by atoms with Crippen LogP contribution in [0.2, 0.25) is 0 Å². The highest BCUT2D eigenvalue weighted by Gasteiger charge is 2.35. The van der Waals surface area contributed by atoms with Crippen molar-refractivity contribution in [2.45, 2.75) is 100 Å². The van der Waals surface area contributed by atoms with Crippen molar-refractivity contribution in [1.29, 1.82) is 0 Å². The SMILES string of the molecule is CC.CCc1c(C(=O)NCC(O)CO)c(C)c(C(=O)NCCO)c(C)c1N(CC(O)C(O)CN(C(C)=O)c1c(C)c(C(=O)NCCO)c(C)c(C(=O)NCC(O)CO)c1C)C(C)=O. The number of aliphatic hydroxyl groups is 8. The molecule has 0 aromatic heterocycles.